The zero-order valence-electron chi connectivity index (χ0n) is 16.5. The second-order valence-electron chi connectivity index (χ2n) is 6.31. The average Bonchev–Trinajstić information content (AvgIpc) is 2.78. The zero-order chi connectivity index (χ0) is 21.5. The van der Waals surface area contributed by atoms with Crippen LogP contribution in [0.25, 0.3) is 11.1 Å². The summed E-state index contributed by atoms with van der Waals surface area (Å²) in [5, 5.41) is 12.0. The molecule has 0 spiro atoms. The second kappa shape index (κ2) is 9.47. The lowest BCUT2D eigenvalue weighted by molar-refractivity contribution is -0.119. The summed E-state index contributed by atoms with van der Waals surface area (Å²) in [5.41, 5.74) is 2.52. The van der Waals surface area contributed by atoms with Gasteiger partial charge in [-0.3, -0.25) is 4.79 Å². The molecule has 0 bridgehead atoms. The first-order valence-electron chi connectivity index (χ1n) is 9.08. The average molecular weight is 407 g/mol. The first-order chi connectivity index (χ1) is 14.5. The van der Waals surface area contributed by atoms with Crippen molar-refractivity contribution < 1.29 is 28.9 Å². The third-order valence-electron chi connectivity index (χ3n) is 4.34. The normalized spacial score (nSPS) is 10.2. The van der Waals surface area contributed by atoms with Crippen molar-refractivity contribution in [2.24, 2.45) is 0 Å². The number of methoxy groups -OCH3 is 2. The summed E-state index contributed by atoms with van der Waals surface area (Å²) in [6.45, 7) is -0.446. The van der Waals surface area contributed by atoms with E-state index in [1.807, 2.05) is 0 Å². The van der Waals surface area contributed by atoms with Crippen molar-refractivity contribution in [2.45, 2.75) is 0 Å². The number of anilines is 1. The first kappa shape index (κ1) is 20.7. The fourth-order valence-corrected chi connectivity index (χ4v) is 2.77. The maximum Gasteiger partial charge on any atom is 0.338 e. The predicted octanol–water partition coefficient (Wildman–Crippen LogP) is 3.87. The lowest BCUT2D eigenvalue weighted by atomic mass is 10.0. The van der Waals surface area contributed by atoms with Gasteiger partial charge < -0.3 is 24.6 Å². The van der Waals surface area contributed by atoms with Gasteiger partial charge >= 0.3 is 5.97 Å². The Morgan fingerprint density at radius 2 is 1.50 bits per heavy atom. The highest BCUT2D eigenvalue weighted by Crippen LogP contribution is 2.28. The summed E-state index contributed by atoms with van der Waals surface area (Å²) >= 11 is 0. The SMILES string of the molecule is COc1ccc(OC)c(NC(=O)COC(=O)c2ccc(-c3ccc(O)cc3)cc2)c1. The minimum Gasteiger partial charge on any atom is -0.508 e. The number of hydrogen-bond acceptors (Lipinski definition) is 6. The molecule has 0 saturated carbocycles. The largest absolute Gasteiger partial charge is 0.508 e. The van der Waals surface area contributed by atoms with Crippen molar-refractivity contribution in [3.63, 3.8) is 0 Å². The minimum absolute atomic E-state index is 0.184. The number of hydrogen-bond donors (Lipinski definition) is 2. The van der Waals surface area contributed by atoms with Crippen LogP contribution in [0.3, 0.4) is 0 Å². The molecule has 0 aliphatic carbocycles. The molecule has 0 unspecified atom stereocenters. The molecule has 0 radical (unpaired) electrons. The van der Waals surface area contributed by atoms with Crippen LogP contribution in [-0.2, 0) is 9.53 Å². The van der Waals surface area contributed by atoms with Gasteiger partial charge in [-0.2, -0.15) is 0 Å². The topological polar surface area (TPSA) is 94.1 Å². The van der Waals surface area contributed by atoms with Crippen molar-refractivity contribution in [2.75, 3.05) is 26.1 Å². The smallest absolute Gasteiger partial charge is 0.338 e. The van der Waals surface area contributed by atoms with Gasteiger partial charge in [0, 0.05) is 6.07 Å². The monoisotopic (exact) mass is 407 g/mol. The Morgan fingerprint density at radius 1 is 0.867 bits per heavy atom. The Labute approximate surface area is 173 Å². The van der Waals surface area contributed by atoms with Crippen LogP contribution < -0.4 is 14.8 Å². The Hall–Kier alpha value is -4.00. The lowest BCUT2D eigenvalue weighted by Crippen LogP contribution is -2.21. The third-order valence-corrected chi connectivity index (χ3v) is 4.34. The Balaban J connectivity index is 1.59. The van der Waals surface area contributed by atoms with Crippen molar-refractivity contribution in [1.29, 1.82) is 0 Å². The van der Waals surface area contributed by atoms with Gasteiger partial charge in [0.25, 0.3) is 5.91 Å². The predicted molar refractivity (Wildman–Crippen MR) is 112 cm³/mol. The zero-order valence-corrected chi connectivity index (χ0v) is 16.5. The van der Waals surface area contributed by atoms with Crippen molar-refractivity contribution in [1.82, 2.24) is 0 Å². The van der Waals surface area contributed by atoms with Gasteiger partial charge in [0.1, 0.15) is 17.2 Å². The molecule has 0 saturated heterocycles. The van der Waals surface area contributed by atoms with E-state index >= 15 is 0 Å². The molecule has 0 heterocycles. The van der Waals surface area contributed by atoms with Crippen LogP contribution in [0, 0.1) is 0 Å². The molecule has 0 aliphatic heterocycles. The Morgan fingerprint density at radius 3 is 2.10 bits per heavy atom. The van der Waals surface area contributed by atoms with Crippen molar-refractivity contribution in [3.8, 4) is 28.4 Å². The highest BCUT2D eigenvalue weighted by molar-refractivity contribution is 5.96. The number of esters is 1. The molecule has 0 atom stereocenters. The van der Waals surface area contributed by atoms with E-state index in [0.717, 1.165) is 11.1 Å². The van der Waals surface area contributed by atoms with E-state index in [1.54, 1.807) is 66.7 Å². The summed E-state index contributed by atoms with van der Waals surface area (Å²) in [7, 11) is 3.00. The molecule has 0 aromatic heterocycles. The highest BCUT2D eigenvalue weighted by Gasteiger charge is 2.13. The van der Waals surface area contributed by atoms with Crippen LogP contribution in [0.15, 0.2) is 66.7 Å². The van der Waals surface area contributed by atoms with Crippen molar-refractivity contribution in [3.05, 3.63) is 72.3 Å². The van der Waals surface area contributed by atoms with Crippen LogP contribution >= 0.6 is 0 Å². The summed E-state index contributed by atoms with van der Waals surface area (Å²) in [5.74, 6) is 0.0801. The molecule has 30 heavy (non-hydrogen) atoms. The molecular formula is C23H21NO6. The van der Waals surface area contributed by atoms with Crippen LogP contribution in [0.4, 0.5) is 5.69 Å². The van der Waals surface area contributed by atoms with Gasteiger partial charge in [-0.25, -0.2) is 4.79 Å². The number of phenolic OH excluding ortho intramolecular Hbond substituents is 1. The number of nitrogens with one attached hydrogen (secondary N) is 1. The molecule has 0 aliphatic rings. The number of carbonyl (C=O) groups is 2. The van der Waals surface area contributed by atoms with Crippen LogP contribution in [0.5, 0.6) is 17.2 Å². The number of carbonyl (C=O) groups excluding carboxylic acids is 2. The number of rotatable bonds is 7. The maximum absolute atomic E-state index is 12.2. The first-order valence-corrected chi connectivity index (χ1v) is 9.08. The number of amides is 1. The molecule has 0 fully saturated rings. The number of aromatic hydroxyl groups is 1. The highest BCUT2D eigenvalue weighted by atomic mass is 16.5. The minimum atomic E-state index is -0.611. The molecule has 2 N–H and O–H groups in total. The molecule has 7 nitrogen and oxygen atoms in total. The van der Waals surface area contributed by atoms with Gasteiger partial charge in [0.15, 0.2) is 6.61 Å². The summed E-state index contributed by atoms with van der Waals surface area (Å²) in [6.07, 6.45) is 0. The van der Waals surface area contributed by atoms with E-state index < -0.39 is 18.5 Å². The quantitative estimate of drug-likeness (QED) is 0.578. The standard InChI is InChI=1S/C23H21NO6/c1-28-19-11-12-21(29-2)20(13-19)24-22(26)14-30-23(27)17-5-3-15(4-6-17)16-7-9-18(25)10-8-16/h3-13,25H,14H2,1-2H3,(H,24,26). The fourth-order valence-electron chi connectivity index (χ4n) is 2.77. The lowest BCUT2D eigenvalue weighted by Gasteiger charge is -2.12. The Bertz CT molecular complexity index is 1030. The molecular weight excluding hydrogens is 386 g/mol. The Kier molecular flexibility index (Phi) is 6.54. The van der Waals surface area contributed by atoms with Gasteiger partial charge in [-0.05, 0) is 47.5 Å². The van der Waals surface area contributed by atoms with Gasteiger partial charge in [-0.15, -0.1) is 0 Å². The van der Waals surface area contributed by atoms with E-state index in [0.29, 0.717) is 22.7 Å². The second-order valence-corrected chi connectivity index (χ2v) is 6.31. The maximum atomic E-state index is 12.2. The summed E-state index contributed by atoms with van der Waals surface area (Å²) < 4.78 is 15.4. The number of ether oxygens (including phenoxy) is 3. The molecule has 3 rings (SSSR count). The third kappa shape index (κ3) is 5.08. The van der Waals surface area contributed by atoms with Crippen molar-refractivity contribution >= 4 is 17.6 Å². The van der Waals surface area contributed by atoms with Crippen LogP contribution in [0.2, 0.25) is 0 Å². The van der Waals surface area contributed by atoms with E-state index in [-0.39, 0.29) is 5.75 Å². The molecule has 7 heteroatoms. The molecule has 3 aromatic carbocycles. The fraction of sp³-hybridized carbons (Fsp3) is 0.130. The number of benzene rings is 3. The van der Waals surface area contributed by atoms with E-state index in [9.17, 15) is 14.7 Å². The molecule has 154 valence electrons. The molecule has 3 aromatic rings. The summed E-state index contributed by atoms with van der Waals surface area (Å²) in [6, 6.07) is 18.5. The van der Waals surface area contributed by atoms with Crippen LogP contribution in [0.1, 0.15) is 10.4 Å². The van der Waals surface area contributed by atoms with Gasteiger partial charge in [-0.1, -0.05) is 24.3 Å². The van der Waals surface area contributed by atoms with Crippen LogP contribution in [-0.4, -0.2) is 37.8 Å². The summed E-state index contributed by atoms with van der Waals surface area (Å²) in [4.78, 5) is 24.4. The van der Waals surface area contributed by atoms with E-state index in [2.05, 4.69) is 5.32 Å². The van der Waals surface area contributed by atoms with Gasteiger partial charge in [0.05, 0.1) is 25.5 Å². The number of phenols is 1. The van der Waals surface area contributed by atoms with E-state index in [4.69, 9.17) is 14.2 Å². The van der Waals surface area contributed by atoms with E-state index in [1.165, 1.54) is 14.2 Å². The van der Waals surface area contributed by atoms with Gasteiger partial charge in [0.2, 0.25) is 0 Å². The molecule has 1 amide bonds.